The summed E-state index contributed by atoms with van der Waals surface area (Å²) in [5.74, 6) is -9.25. The van der Waals surface area contributed by atoms with Crippen molar-refractivity contribution in [2.45, 2.75) is 12.1 Å². The van der Waals surface area contributed by atoms with Crippen LogP contribution in [0.1, 0.15) is 20.7 Å². The van der Waals surface area contributed by atoms with Gasteiger partial charge in [-0.3, -0.25) is 4.79 Å². The highest BCUT2D eigenvalue weighted by Crippen LogP contribution is 2.38. The minimum atomic E-state index is -6.03. The standard InChI is InChI=1S/C11H7F5O3/c1-19-9(18)7-5-3-2-4-6(7)8(17)10(12,13)11(14,15)16/h2-5H,1H3. The molecule has 0 bridgehead atoms. The Kier molecular flexibility index (Phi) is 3.92. The summed E-state index contributed by atoms with van der Waals surface area (Å²) in [4.78, 5) is 22.5. The van der Waals surface area contributed by atoms with E-state index in [0.717, 1.165) is 19.2 Å². The molecule has 1 aromatic rings. The van der Waals surface area contributed by atoms with Crippen LogP contribution < -0.4 is 0 Å². The number of ether oxygens (including phenoxy) is 1. The van der Waals surface area contributed by atoms with E-state index in [4.69, 9.17) is 0 Å². The highest BCUT2D eigenvalue weighted by molar-refractivity contribution is 6.09. The summed E-state index contributed by atoms with van der Waals surface area (Å²) in [7, 11) is 0.908. The predicted molar refractivity (Wildman–Crippen MR) is 53.1 cm³/mol. The second-order valence-electron chi connectivity index (χ2n) is 3.44. The summed E-state index contributed by atoms with van der Waals surface area (Å²) < 4.78 is 66.4. The lowest BCUT2D eigenvalue weighted by Crippen LogP contribution is -2.44. The maximum Gasteiger partial charge on any atom is 0.461 e. The van der Waals surface area contributed by atoms with Crippen molar-refractivity contribution in [3.05, 3.63) is 35.4 Å². The molecule has 0 amide bonds. The third-order valence-corrected chi connectivity index (χ3v) is 2.22. The van der Waals surface area contributed by atoms with Crippen molar-refractivity contribution in [2.24, 2.45) is 0 Å². The Bertz CT molecular complexity index is 507. The van der Waals surface area contributed by atoms with Crippen molar-refractivity contribution in [1.29, 1.82) is 0 Å². The largest absolute Gasteiger partial charge is 0.465 e. The van der Waals surface area contributed by atoms with Gasteiger partial charge in [0.15, 0.2) is 0 Å². The zero-order valence-electron chi connectivity index (χ0n) is 9.42. The Hall–Kier alpha value is -1.99. The van der Waals surface area contributed by atoms with E-state index in [0.29, 0.717) is 6.07 Å². The van der Waals surface area contributed by atoms with Crippen molar-refractivity contribution < 1.29 is 36.3 Å². The van der Waals surface area contributed by atoms with Gasteiger partial charge in [0.25, 0.3) is 0 Å². The summed E-state index contributed by atoms with van der Waals surface area (Å²) in [5.41, 5.74) is -1.70. The maximum absolute atomic E-state index is 12.9. The molecule has 0 aliphatic heterocycles. The van der Waals surface area contributed by atoms with E-state index in [1.54, 1.807) is 0 Å². The van der Waals surface area contributed by atoms with E-state index in [2.05, 4.69) is 4.74 Å². The van der Waals surface area contributed by atoms with Gasteiger partial charge in [0.05, 0.1) is 12.7 Å². The Labute approximate surface area is 104 Å². The summed E-state index contributed by atoms with van der Waals surface area (Å²) in [6, 6.07) is 3.89. The van der Waals surface area contributed by atoms with Gasteiger partial charge in [-0.1, -0.05) is 18.2 Å². The molecule has 1 aromatic carbocycles. The van der Waals surface area contributed by atoms with E-state index in [1.807, 2.05) is 0 Å². The summed E-state index contributed by atoms with van der Waals surface area (Å²) in [6.07, 6.45) is -6.03. The van der Waals surface area contributed by atoms with Gasteiger partial charge in [-0.25, -0.2) is 4.79 Å². The summed E-state index contributed by atoms with van der Waals surface area (Å²) in [5, 5.41) is 0. The third kappa shape index (κ3) is 2.72. The first kappa shape index (κ1) is 15.1. The van der Waals surface area contributed by atoms with Crippen molar-refractivity contribution >= 4 is 11.8 Å². The molecule has 1 rings (SSSR count). The Balaban J connectivity index is 3.32. The van der Waals surface area contributed by atoms with Crippen LogP contribution in [0.25, 0.3) is 0 Å². The number of methoxy groups -OCH3 is 1. The quantitative estimate of drug-likeness (QED) is 0.486. The zero-order chi connectivity index (χ0) is 14.8. The number of carbonyl (C=O) groups excluding carboxylic acids is 2. The number of ketones is 1. The molecular weight excluding hydrogens is 275 g/mol. The fourth-order valence-corrected chi connectivity index (χ4v) is 1.27. The smallest absolute Gasteiger partial charge is 0.461 e. The molecule has 0 spiro atoms. The van der Waals surface area contributed by atoms with E-state index in [9.17, 15) is 31.5 Å². The molecule has 0 saturated heterocycles. The number of carbonyl (C=O) groups is 2. The molecule has 0 atom stereocenters. The van der Waals surface area contributed by atoms with E-state index in [-0.39, 0.29) is 0 Å². The molecule has 104 valence electrons. The molecule has 0 heterocycles. The second kappa shape index (κ2) is 4.94. The maximum atomic E-state index is 12.9. The average molecular weight is 282 g/mol. The first-order valence-electron chi connectivity index (χ1n) is 4.79. The lowest BCUT2D eigenvalue weighted by Gasteiger charge is -2.19. The minimum absolute atomic E-state index is 0.654. The van der Waals surface area contributed by atoms with Crippen LogP contribution in [0, 0.1) is 0 Å². The molecule has 0 aliphatic carbocycles. The van der Waals surface area contributed by atoms with Crippen LogP contribution in [-0.4, -0.2) is 31.0 Å². The van der Waals surface area contributed by atoms with Crippen LogP contribution in [0.5, 0.6) is 0 Å². The van der Waals surface area contributed by atoms with Gasteiger partial charge in [-0.05, 0) is 6.07 Å². The highest BCUT2D eigenvalue weighted by atomic mass is 19.4. The Morgan fingerprint density at radius 3 is 1.89 bits per heavy atom. The first-order chi connectivity index (χ1) is 8.63. The first-order valence-corrected chi connectivity index (χ1v) is 4.79. The SMILES string of the molecule is COC(=O)c1ccccc1C(=O)C(F)(F)C(F)(F)F. The molecule has 0 N–H and O–H groups in total. The molecule has 19 heavy (non-hydrogen) atoms. The topological polar surface area (TPSA) is 43.4 Å². The normalized spacial score (nSPS) is 12.1. The van der Waals surface area contributed by atoms with Gasteiger partial charge in [0.1, 0.15) is 0 Å². The van der Waals surface area contributed by atoms with Crippen LogP contribution in [0.3, 0.4) is 0 Å². The zero-order valence-corrected chi connectivity index (χ0v) is 9.42. The highest BCUT2D eigenvalue weighted by Gasteiger charge is 2.63. The van der Waals surface area contributed by atoms with Gasteiger partial charge in [-0.15, -0.1) is 0 Å². The third-order valence-electron chi connectivity index (χ3n) is 2.22. The van der Waals surface area contributed by atoms with Crippen molar-refractivity contribution in [3.8, 4) is 0 Å². The van der Waals surface area contributed by atoms with Gasteiger partial charge in [-0.2, -0.15) is 22.0 Å². The van der Waals surface area contributed by atoms with Crippen molar-refractivity contribution in [2.75, 3.05) is 7.11 Å². The van der Waals surface area contributed by atoms with Crippen LogP contribution in [0.2, 0.25) is 0 Å². The number of esters is 1. The van der Waals surface area contributed by atoms with Crippen LogP contribution >= 0.6 is 0 Å². The van der Waals surface area contributed by atoms with Gasteiger partial charge in [0, 0.05) is 5.56 Å². The molecule has 0 radical (unpaired) electrons. The summed E-state index contributed by atoms with van der Waals surface area (Å²) >= 11 is 0. The lowest BCUT2D eigenvalue weighted by molar-refractivity contribution is -0.255. The molecule has 0 saturated carbocycles. The molecular formula is C11H7F5O3. The number of benzene rings is 1. The molecule has 0 fully saturated rings. The molecule has 3 nitrogen and oxygen atoms in total. The number of hydrogen-bond acceptors (Lipinski definition) is 3. The number of alkyl halides is 5. The van der Waals surface area contributed by atoms with Crippen molar-refractivity contribution in [1.82, 2.24) is 0 Å². The van der Waals surface area contributed by atoms with Crippen LogP contribution in [0.15, 0.2) is 24.3 Å². The fraction of sp³-hybridized carbons (Fsp3) is 0.273. The van der Waals surface area contributed by atoms with Crippen LogP contribution in [0.4, 0.5) is 22.0 Å². The number of Topliss-reactive ketones (excluding diaryl/α,β-unsaturated/α-hetero) is 1. The van der Waals surface area contributed by atoms with Crippen molar-refractivity contribution in [3.63, 3.8) is 0 Å². The number of hydrogen-bond donors (Lipinski definition) is 0. The predicted octanol–water partition coefficient (Wildman–Crippen LogP) is 2.85. The molecule has 8 heteroatoms. The monoisotopic (exact) mass is 282 g/mol. The van der Waals surface area contributed by atoms with E-state index >= 15 is 0 Å². The van der Waals surface area contributed by atoms with Gasteiger partial charge < -0.3 is 4.74 Å². The molecule has 0 aromatic heterocycles. The van der Waals surface area contributed by atoms with Crippen LogP contribution in [-0.2, 0) is 4.74 Å². The molecule has 0 unspecified atom stereocenters. The van der Waals surface area contributed by atoms with E-state index < -0.39 is 35.0 Å². The average Bonchev–Trinajstić information content (AvgIpc) is 2.35. The lowest BCUT2D eigenvalue weighted by atomic mass is 9.99. The van der Waals surface area contributed by atoms with Gasteiger partial charge in [0.2, 0.25) is 5.78 Å². The Morgan fingerprint density at radius 1 is 1.00 bits per heavy atom. The Morgan fingerprint density at radius 2 is 1.47 bits per heavy atom. The number of rotatable bonds is 3. The minimum Gasteiger partial charge on any atom is -0.465 e. The second-order valence-corrected chi connectivity index (χ2v) is 3.44. The molecule has 0 aliphatic rings. The number of halogens is 5. The fourth-order valence-electron chi connectivity index (χ4n) is 1.27. The van der Waals surface area contributed by atoms with E-state index in [1.165, 1.54) is 6.07 Å². The van der Waals surface area contributed by atoms with Gasteiger partial charge >= 0.3 is 18.1 Å². The summed E-state index contributed by atoms with van der Waals surface area (Å²) in [6.45, 7) is 0.